The van der Waals surface area contributed by atoms with Crippen LogP contribution in [0, 0.1) is 0 Å². The van der Waals surface area contributed by atoms with Crippen molar-refractivity contribution in [3.63, 3.8) is 0 Å². The van der Waals surface area contributed by atoms with Crippen molar-refractivity contribution in [2.45, 2.75) is 13.0 Å². The minimum atomic E-state index is -0.498. The molecule has 6 heteroatoms. The van der Waals surface area contributed by atoms with E-state index < -0.39 is 6.04 Å². The maximum Gasteiger partial charge on any atom is 0.239 e. The fourth-order valence-corrected chi connectivity index (χ4v) is 0.814. The molecule has 0 aliphatic rings. The Hall–Kier alpha value is -0.750. The van der Waals surface area contributed by atoms with E-state index in [9.17, 15) is 9.59 Å². The smallest absolute Gasteiger partial charge is 0.239 e. The molecule has 0 spiro atoms. The number of rotatable bonds is 4. The lowest BCUT2D eigenvalue weighted by Gasteiger charge is -2.14. The molecule has 2 amide bonds. The Labute approximate surface area is 76.7 Å². The summed E-state index contributed by atoms with van der Waals surface area (Å²) in [5, 5.41) is 2.44. The maximum atomic E-state index is 11.0. The van der Waals surface area contributed by atoms with Gasteiger partial charge in [-0.3, -0.25) is 15.0 Å². The van der Waals surface area contributed by atoms with Crippen molar-refractivity contribution in [1.82, 2.24) is 16.2 Å². The van der Waals surface area contributed by atoms with Crippen LogP contribution in [0.3, 0.4) is 0 Å². The molecule has 0 radical (unpaired) electrons. The number of amides is 2. The molecule has 0 unspecified atom stereocenters. The molecule has 0 fully saturated rings. The molecule has 0 bridgehead atoms. The van der Waals surface area contributed by atoms with E-state index >= 15 is 0 Å². The van der Waals surface area contributed by atoms with Gasteiger partial charge in [0.2, 0.25) is 11.8 Å². The average Bonchev–Trinajstić information content (AvgIpc) is 2.04. The summed E-state index contributed by atoms with van der Waals surface area (Å²) in [4.78, 5) is 21.4. The standard InChI is InChI=1S/C6H13N3O2S/c1-4(10)8-9-5(3-12)6(11)7-2/h5,9,12H,3H2,1-2H3,(H,7,11)(H,8,10)/t5-/m0/s1. The molecule has 0 aromatic heterocycles. The highest BCUT2D eigenvalue weighted by atomic mass is 32.1. The number of hydrogen-bond donors (Lipinski definition) is 4. The van der Waals surface area contributed by atoms with E-state index in [0.717, 1.165) is 0 Å². The van der Waals surface area contributed by atoms with E-state index in [2.05, 4.69) is 28.8 Å². The minimum Gasteiger partial charge on any atom is -0.358 e. The zero-order valence-electron chi connectivity index (χ0n) is 7.05. The highest BCUT2D eigenvalue weighted by molar-refractivity contribution is 7.80. The third-order valence-electron chi connectivity index (χ3n) is 1.17. The molecule has 0 aromatic rings. The molecular weight excluding hydrogens is 178 g/mol. The van der Waals surface area contributed by atoms with Crippen molar-refractivity contribution in [2.24, 2.45) is 0 Å². The van der Waals surface area contributed by atoms with Gasteiger partial charge in [0, 0.05) is 19.7 Å². The van der Waals surface area contributed by atoms with Gasteiger partial charge >= 0.3 is 0 Å². The Balaban J connectivity index is 3.83. The van der Waals surface area contributed by atoms with Crippen molar-refractivity contribution in [3.8, 4) is 0 Å². The normalized spacial score (nSPS) is 11.9. The molecule has 70 valence electrons. The summed E-state index contributed by atoms with van der Waals surface area (Å²) in [5.41, 5.74) is 4.84. The first-order valence-corrected chi connectivity index (χ1v) is 4.09. The summed E-state index contributed by atoms with van der Waals surface area (Å²) >= 11 is 3.94. The summed E-state index contributed by atoms with van der Waals surface area (Å²) in [6.07, 6.45) is 0. The predicted octanol–water partition coefficient (Wildman–Crippen LogP) is -1.33. The van der Waals surface area contributed by atoms with Crippen molar-refractivity contribution in [2.75, 3.05) is 12.8 Å². The molecule has 0 aromatic carbocycles. The van der Waals surface area contributed by atoms with Crippen LogP contribution in [0.5, 0.6) is 0 Å². The first-order valence-electron chi connectivity index (χ1n) is 3.46. The van der Waals surface area contributed by atoms with Gasteiger partial charge in [0.05, 0.1) is 0 Å². The van der Waals surface area contributed by atoms with Crippen LogP contribution in [-0.4, -0.2) is 30.7 Å². The number of hydrogen-bond acceptors (Lipinski definition) is 4. The number of nitrogens with one attached hydrogen (secondary N) is 3. The Morgan fingerprint density at radius 3 is 2.42 bits per heavy atom. The summed E-state index contributed by atoms with van der Waals surface area (Å²) in [5.74, 6) is -0.135. The van der Waals surface area contributed by atoms with E-state index in [4.69, 9.17) is 0 Å². The number of carbonyl (C=O) groups is 2. The molecule has 3 N–H and O–H groups in total. The molecule has 0 saturated carbocycles. The van der Waals surface area contributed by atoms with Gasteiger partial charge in [0.25, 0.3) is 0 Å². The first-order chi connectivity index (χ1) is 5.61. The molecular formula is C6H13N3O2S. The highest BCUT2D eigenvalue weighted by Gasteiger charge is 2.14. The number of likely N-dealkylation sites (N-methyl/N-ethyl adjacent to an activating group) is 1. The van der Waals surface area contributed by atoms with E-state index in [1.807, 2.05) is 0 Å². The quantitative estimate of drug-likeness (QED) is 0.329. The Bertz CT molecular complexity index is 174. The van der Waals surface area contributed by atoms with Gasteiger partial charge in [0.15, 0.2) is 0 Å². The second-order valence-corrected chi connectivity index (χ2v) is 2.54. The Morgan fingerprint density at radius 1 is 1.50 bits per heavy atom. The second kappa shape index (κ2) is 5.84. The predicted molar refractivity (Wildman–Crippen MR) is 48.7 cm³/mol. The monoisotopic (exact) mass is 191 g/mol. The highest BCUT2D eigenvalue weighted by Crippen LogP contribution is 1.85. The molecule has 0 aliphatic heterocycles. The van der Waals surface area contributed by atoms with Crippen molar-refractivity contribution in [1.29, 1.82) is 0 Å². The average molecular weight is 191 g/mol. The molecule has 0 heterocycles. The SMILES string of the molecule is CNC(=O)[C@H](CS)NNC(C)=O. The fraction of sp³-hybridized carbons (Fsp3) is 0.667. The molecule has 5 nitrogen and oxygen atoms in total. The molecule has 0 aliphatic carbocycles. The van der Waals surface area contributed by atoms with Crippen LogP contribution < -0.4 is 16.2 Å². The van der Waals surface area contributed by atoms with Gasteiger partial charge in [-0.2, -0.15) is 12.6 Å². The first kappa shape index (κ1) is 11.2. The van der Waals surface area contributed by atoms with Gasteiger partial charge in [0.1, 0.15) is 6.04 Å². The Kier molecular flexibility index (Phi) is 5.48. The lowest BCUT2D eigenvalue weighted by molar-refractivity contribution is -0.123. The third kappa shape index (κ3) is 4.20. The van der Waals surface area contributed by atoms with E-state index in [1.165, 1.54) is 14.0 Å². The van der Waals surface area contributed by atoms with Crippen molar-refractivity contribution < 1.29 is 9.59 Å². The molecule has 1 atom stereocenters. The lowest BCUT2D eigenvalue weighted by Crippen LogP contribution is -2.51. The van der Waals surface area contributed by atoms with Gasteiger partial charge < -0.3 is 5.32 Å². The van der Waals surface area contributed by atoms with Gasteiger partial charge in [-0.05, 0) is 0 Å². The lowest BCUT2D eigenvalue weighted by atomic mass is 10.3. The minimum absolute atomic E-state index is 0.209. The molecule has 12 heavy (non-hydrogen) atoms. The van der Waals surface area contributed by atoms with Crippen LogP contribution in [0.4, 0.5) is 0 Å². The van der Waals surface area contributed by atoms with Crippen LogP contribution in [0.25, 0.3) is 0 Å². The number of hydrazine groups is 1. The van der Waals surface area contributed by atoms with Crippen LogP contribution in [0.15, 0.2) is 0 Å². The summed E-state index contributed by atoms with van der Waals surface area (Å²) in [6, 6.07) is -0.498. The summed E-state index contributed by atoms with van der Waals surface area (Å²) < 4.78 is 0. The van der Waals surface area contributed by atoms with Crippen LogP contribution in [0.1, 0.15) is 6.92 Å². The maximum absolute atomic E-state index is 11.0. The van der Waals surface area contributed by atoms with Crippen LogP contribution >= 0.6 is 12.6 Å². The van der Waals surface area contributed by atoms with E-state index in [1.54, 1.807) is 0 Å². The summed E-state index contributed by atoms with van der Waals surface area (Å²) in [6.45, 7) is 1.35. The second-order valence-electron chi connectivity index (χ2n) is 2.17. The summed E-state index contributed by atoms with van der Waals surface area (Å²) in [7, 11) is 1.52. The van der Waals surface area contributed by atoms with Crippen molar-refractivity contribution in [3.05, 3.63) is 0 Å². The van der Waals surface area contributed by atoms with Gasteiger partial charge in [-0.25, -0.2) is 5.43 Å². The van der Waals surface area contributed by atoms with E-state index in [-0.39, 0.29) is 11.8 Å². The Morgan fingerprint density at radius 2 is 2.08 bits per heavy atom. The number of thiol groups is 1. The van der Waals surface area contributed by atoms with Crippen molar-refractivity contribution >= 4 is 24.4 Å². The third-order valence-corrected chi connectivity index (χ3v) is 1.53. The molecule has 0 rings (SSSR count). The zero-order chi connectivity index (χ0) is 9.56. The topological polar surface area (TPSA) is 70.2 Å². The van der Waals surface area contributed by atoms with Crippen LogP contribution in [-0.2, 0) is 9.59 Å². The van der Waals surface area contributed by atoms with Crippen LogP contribution in [0.2, 0.25) is 0 Å². The van der Waals surface area contributed by atoms with E-state index in [0.29, 0.717) is 5.75 Å². The zero-order valence-corrected chi connectivity index (χ0v) is 7.94. The largest absolute Gasteiger partial charge is 0.358 e. The van der Waals surface area contributed by atoms with Gasteiger partial charge in [-0.1, -0.05) is 0 Å². The number of carbonyl (C=O) groups excluding carboxylic acids is 2. The van der Waals surface area contributed by atoms with Gasteiger partial charge in [-0.15, -0.1) is 0 Å². The fourth-order valence-electron chi connectivity index (χ4n) is 0.557. The molecule has 0 saturated heterocycles.